The van der Waals surface area contributed by atoms with Crippen molar-refractivity contribution in [1.29, 1.82) is 0 Å². The fraction of sp³-hybridized carbons (Fsp3) is 0.0714. The topological polar surface area (TPSA) is 56.5 Å². The van der Waals surface area contributed by atoms with Crippen LogP contribution in [0.2, 0.25) is 0 Å². The molecule has 3 rings (SSSR count). The van der Waals surface area contributed by atoms with Crippen LogP contribution in [0.3, 0.4) is 0 Å². The van der Waals surface area contributed by atoms with Crippen molar-refractivity contribution >= 4 is 27.5 Å². The third-order valence-electron chi connectivity index (χ3n) is 2.99. The molecular formula is C14H9BrFN3O2. The maximum absolute atomic E-state index is 13.4. The highest BCUT2D eigenvalue weighted by Gasteiger charge is 2.14. The van der Waals surface area contributed by atoms with Crippen LogP contribution in [-0.2, 0) is 4.74 Å². The van der Waals surface area contributed by atoms with Crippen molar-refractivity contribution in [3.8, 4) is 11.4 Å². The average Bonchev–Trinajstić information content (AvgIpc) is 2.91. The molecule has 5 nitrogen and oxygen atoms in total. The predicted octanol–water partition coefficient (Wildman–Crippen LogP) is 3.08. The van der Waals surface area contributed by atoms with E-state index in [0.717, 1.165) is 0 Å². The summed E-state index contributed by atoms with van der Waals surface area (Å²) in [7, 11) is 1.31. The largest absolute Gasteiger partial charge is 0.465 e. The molecule has 21 heavy (non-hydrogen) atoms. The Balaban J connectivity index is 2.23. The van der Waals surface area contributed by atoms with E-state index in [1.165, 1.54) is 19.2 Å². The lowest BCUT2D eigenvalue weighted by atomic mass is 10.2. The minimum Gasteiger partial charge on any atom is -0.465 e. The molecule has 106 valence electrons. The molecule has 0 aliphatic heterocycles. The van der Waals surface area contributed by atoms with Gasteiger partial charge in [-0.05, 0) is 30.3 Å². The van der Waals surface area contributed by atoms with Gasteiger partial charge in [-0.3, -0.25) is 4.40 Å². The van der Waals surface area contributed by atoms with Crippen molar-refractivity contribution in [2.24, 2.45) is 0 Å². The van der Waals surface area contributed by atoms with E-state index in [1.807, 2.05) is 0 Å². The van der Waals surface area contributed by atoms with Gasteiger partial charge in [0.25, 0.3) is 0 Å². The van der Waals surface area contributed by atoms with E-state index in [-0.39, 0.29) is 5.82 Å². The Morgan fingerprint density at radius 2 is 2.10 bits per heavy atom. The van der Waals surface area contributed by atoms with Gasteiger partial charge < -0.3 is 4.74 Å². The van der Waals surface area contributed by atoms with E-state index < -0.39 is 5.97 Å². The molecule has 0 aliphatic rings. The number of carbonyl (C=O) groups is 1. The molecule has 0 saturated carbocycles. The number of aromatic nitrogens is 3. The number of rotatable bonds is 2. The third kappa shape index (κ3) is 2.40. The SMILES string of the molecule is COC(=O)c1ccc2nnc(-c3cc(F)ccc3Br)n2c1. The number of nitrogens with zero attached hydrogens (tertiary/aromatic N) is 3. The van der Waals surface area contributed by atoms with Crippen molar-refractivity contribution in [1.82, 2.24) is 14.6 Å². The molecule has 0 N–H and O–H groups in total. The van der Waals surface area contributed by atoms with Crippen LogP contribution in [0.5, 0.6) is 0 Å². The Labute approximate surface area is 127 Å². The first-order valence-corrected chi connectivity index (χ1v) is 6.78. The summed E-state index contributed by atoms with van der Waals surface area (Å²) in [5.74, 6) is -0.411. The number of esters is 1. The summed E-state index contributed by atoms with van der Waals surface area (Å²) in [4.78, 5) is 11.6. The van der Waals surface area contributed by atoms with Gasteiger partial charge in [-0.15, -0.1) is 10.2 Å². The van der Waals surface area contributed by atoms with Crippen LogP contribution in [-0.4, -0.2) is 27.7 Å². The smallest absolute Gasteiger partial charge is 0.339 e. The first kappa shape index (κ1) is 13.7. The van der Waals surface area contributed by atoms with Gasteiger partial charge in [0.1, 0.15) is 5.82 Å². The molecule has 0 bridgehead atoms. The van der Waals surface area contributed by atoms with E-state index >= 15 is 0 Å². The monoisotopic (exact) mass is 349 g/mol. The van der Waals surface area contributed by atoms with Crippen molar-refractivity contribution in [3.63, 3.8) is 0 Å². The number of carbonyl (C=O) groups excluding carboxylic acids is 1. The lowest BCUT2D eigenvalue weighted by molar-refractivity contribution is 0.0600. The van der Waals surface area contributed by atoms with Crippen LogP contribution < -0.4 is 0 Å². The molecule has 2 heterocycles. The van der Waals surface area contributed by atoms with E-state index in [0.29, 0.717) is 27.1 Å². The average molecular weight is 350 g/mol. The molecule has 0 amide bonds. The Kier molecular flexibility index (Phi) is 3.42. The highest BCUT2D eigenvalue weighted by atomic mass is 79.9. The molecule has 0 saturated heterocycles. The number of halogens is 2. The normalized spacial score (nSPS) is 10.8. The van der Waals surface area contributed by atoms with E-state index in [1.54, 1.807) is 28.8 Å². The minimum absolute atomic E-state index is 0.360. The summed E-state index contributed by atoms with van der Waals surface area (Å²) < 4.78 is 20.4. The van der Waals surface area contributed by atoms with Crippen LogP contribution >= 0.6 is 15.9 Å². The van der Waals surface area contributed by atoms with Crippen LogP contribution in [0.25, 0.3) is 17.0 Å². The number of ether oxygens (including phenoxy) is 1. The molecule has 0 fully saturated rings. The van der Waals surface area contributed by atoms with Gasteiger partial charge in [0.05, 0.1) is 12.7 Å². The molecule has 0 radical (unpaired) electrons. The van der Waals surface area contributed by atoms with Crippen molar-refractivity contribution < 1.29 is 13.9 Å². The van der Waals surface area contributed by atoms with Crippen LogP contribution in [0.1, 0.15) is 10.4 Å². The molecule has 0 atom stereocenters. The van der Waals surface area contributed by atoms with Crippen molar-refractivity contribution in [2.75, 3.05) is 7.11 Å². The first-order valence-electron chi connectivity index (χ1n) is 5.98. The maximum Gasteiger partial charge on any atom is 0.339 e. The Morgan fingerprint density at radius 1 is 1.29 bits per heavy atom. The second kappa shape index (κ2) is 5.25. The lowest BCUT2D eigenvalue weighted by Crippen LogP contribution is -2.03. The number of methoxy groups -OCH3 is 1. The quantitative estimate of drug-likeness (QED) is 0.667. The highest BCUT2D eigenvalue weighted by Crippen LogP contribution is 2.28. The summed E-state index contributed by atoms with van der Waals surface area (Å²) in [5, 5.41) is 8.07. The number of hydrogen-bond acceptors (Lipinski definition) is 4. The fourth-order valence-corrected chi connectivity index (χ4v) is 2.41. The summed E-state index contributed by atoms with van der Waals surface area (Å²) in [6.45, 7) is 0. The Bertz CT molecular complexity index is 847. The molecule has 0 unspecified atom stereocenters. The van der Waals surface area contributed by atoms with E-state index in [9.17, 15) is 9.18 Å². The van der Waals surface area contributed by atoms with Gasteiger partial charge in [0, 0.05) is 16.2 Å². The van der Waals surface area contributed by atoms with Gasteiger partial charge in [0.15, 0.2) is 11.5 Å². The van der Waals surface area contributed by atoms with Crippen LogP contribution in [0.4, 0.5) is 4.39 Å². The summed E-state index contributed by atoms with van der Waals surface area (Å²) >= 11 is 3.36. The number of hydrogen-bond donors (Lipinski definition) is 0. The molecule has 2 aromatic heterocycles. The molecule has 1 aromatic carbocycles. The number of pyridine rings is 1. The third-order valence-corrected chi connectivity index (χ3v) is 3.68. The predicted molar refractivity (Wildman–Crippen MR) is 77.4 cm³/mol. The lowest BCUT2D eigenvalue weighted by Gasteiger charge is -2.05. The second-order valence-electron chi connectivity index (χ2n) is 4.29. The number of benzene rings is 1. The van der Waals surface area contributed by atoms with Crippen molar-refractivity contribution in [3.05, 3.63) is 52.4 Å². The second-order valence-corrected chi connectivity index (χ2v) is 5.14. The highest BCUT2D eigenvalue weighted by molar-refractivity contribution is 9.10. The number of fused-ring (bicyclic) bond motifs is 1. The van der Waals surface area contributed by atoms with Crippen molar-refractivity contribution in [2.45, 2.75) is 0 Å². The fourth-order valence-electron chi connectivity index (χ4n) is 1.98. The van der Waals surface area contributed by atoms with Gasteiger partial charge >= 0.3 is 5.97 Å². The molecule has 0 aliphatic carbocycles. The first-order chi connectivity index (χ1) is 10.1. The Morgan fingerprint density at radius 3 is 2.86 bits per heavy atom. The van der Waals surface area contributed by atoms with Crippen LogP contribution in [0.15, 0.2) is 41.0 Å². The van der Waals surface area contributed by atoms with Crippen LogP contribution in [0, 0.1) is 5.82 Å². The standard InChI is InChI=1S/C14H9BrFN3O2/c1-21-14(20)8-2-5-12-17-18-13(19(12)7-8)10-6-9(16)3-4-11(10)15/h2-7H,1H3. The zero-order valence-corrected chi connectivity index (χ0v) is 12.5. The van der Waals surface area contributed by atoms with E-state index in [2.05, 4.69) is 30.9 Å². The Hall–Kier alpha value is -2.28. The van der Waals surface area contributed by atoms with Gasteiger partial charge in [-0.1, -0.05) is 15.9 Å². The van der Waals surface area contributed by atoms with E-state index in [4.69, 9.17) is 0 Å². The zero-order chi connectivity index (χ0) is 15.0. The summed E-state index contributed by atoms with van der Waals surface area (Å²) in [6, 6.07) is 7.54. The van der Waals surface area contributed by atoms with Gasteiger partial charge in [-0.25, -0.2) is 9.18 Å². The molecule has 7 heteroatoms. The summed E-state index contributed by atoms with van der Waals surface area (Å²) in [5.41, 5.74) is 1.46. The molecule has 0 spiro atoms. The summed E-state index contributed by atoms with van der Waals surface area (Å²) in [6.07, 6.45) is 1.56. The van der Waals surface area contributed by atoms with Gasteiger partial charge in [0.2, 0.25) is 0 Å². The minimum atomic E-state index is -0.463. The molecular weight excluding hydrogens is 341 g/mol. The zero-order valence-electron chi connectivity index (χ0n) is 10.9. The molecule has 3 aromatic rings. The maximum atomic E-state index is 13.4. The van der Waals surface area contributed by atoms with Gasteiger partial charge in [-0.2, -0.15) is 0 Å².